The molecule has 4 atom stereocenters. The number of aliphatic hydroxyl groups is 2. The van der Waals surface area contributed by atoms with Gasteiger partial charge in [-0.25, -0.2) is 4.79 Å². The molecule has 3 aliphatic rings. The van der Waals surface area contributed by atoms with Crippen LogP contribution in [0.2, 0.25) is 0 Å². The molecule has 1 aliphatic heterocycles. The van der Waals surface area contributed by atoms with Crippen LogP contribution in [0.25, 0.3) is 0 Å². The fourth-order valence-electron chi connectivity index (χ4n) is 5.00. The highest BCUT2D eigenvalue weighted by atomic mass is 16.6. The number of esters is 1. The highest BCUT2D eigenvalue weighted by Gasteiger charge is 2.48. The molecule has 2 aliphatic carbocycles. The van der Waals surface area contributed by atoms with E-state index in [2.05, 4.69) is 33.8 Å². The van der Waals surface area contributed by atoms with Crippen molar-refractivity contribution in [3.05, 3.63) is 34.8 Å². The molecule has 1 heterocycles. The first kappa shape index (κ1) is 22.1. The number of unbranched alkanes of at least 4 members (excludes halogenated alkanes) is 2. The molecule has 0 aromatic rings. The molecule has 0 saturated heterocycles. The van der Waals surface area contributed by atoms with Gasteiger partial charge < -0.3 is 19.7 Å². The Bertz CT molecular complexity index is 715. The highest BCUT2D eigenvalue weighted by molar-refractivity contribution is 5.76. The van der Waals surface area contributed by atoms with E-state index in [1.165, 1.54) is 12.0 Å². The van der Waals surface area contributed by atoms with Crippen LogP contribution in [0, 0.1) is 17.8 Å². The summed E-state index contributed by atoms with van der Waals surface area (Å²) >= 11 is 0. The number of fused-ring (bicyclic) bond motifs is 2. The summed E-state index contributed by atoms with van der Waals surface area (Å²) in [5.41, 5.74) is 2.03. The van der Waals surface area contributed by atoms with Crippen LogP contribution in [-0.2, 0) is 14.3 Å². The second kappa shape index (κ2) is 9.05. The van der Waals surface area contributed by atoms with Crippen LogP contribution in [0.5, 0.6) is 0 Å². The van der Waals surface area contributed by atoms with E-state index in [9.17, 15) is 9.90 Å². The van der Waals surface area contributed by atoms with Gasteiger partial charge in [0.05, 0.1) is 6.61 Å². The Morgan fingerprint density at radius 1 is 1.34 bits per heavy atom. The van der Waals surface area contributed by atoms with Gasteiger partial charge in [0.1, 0.15) is 17.1 Å². The van der Waals surface area contributed by atoms with E-state index >= 15 is 0 Å². The van der Waals surface area contributed by atoms with Crippen molar-refractivity contribution in [3.8, 4) is 0 Å². The molecule has 0 saturated carbocycles. The molecule has 3 rings (SSSR count). The quantitative estimate of drug-likeness (QED) is 0.374. The summed E-state index contributed by atoms with van der Waals surface area (Å²) in [4.78, 5) is 12.3. The van der Waals surface area contributed by atoms with Crippen LogP contribution in [0.3, 0.4) is 0 Å². The van der Waals surface area contributed by atoms with Gasteiger partial charge in [0.2, 0.25) is 0 Å². The SMILES string of the molecule is CCCCCC1C=C(OC(=O)[C@@H](O)CO)C2=C(C1)OC(C)(C)C1CCC(C)=C[C@H]21. The summed E-state index contributed by atoms with van der Waals surface area (Å²) in [5.74, 6) is 1.33. The minimum atomic E-state index is -1.53. The Morgan fingerprint density at radius 2 is 2.10 bits per heavy atom. The third kappa shape index (κ3) is 4.77. The molecular formula is C24H36O5. The monoisotopic (exact) mass is 404 g/mol. The zero-order valence-electron chi connectivity index (χ0n) is 18.2. The number of carbonyl (C=O) groups is 1. The fourth-order valence-corrected chi connectivity index (χ4v) is 5.00. The van der Waals surface area contributed by atoms with Crippen LogP contribution in [-0.4, -0.2) is 34.5 Å². The van der Waals surface area contributed by atoms with Gasteiger partial charge in [-0.15, -0.1) is 0 Å². The molecule has 0 bridgehead atoms. The van der Waals surface area contributed by atoms with Gasteiger partial charge in [0, 0.05) is 23.8 Å². The standard InChI is InChI=1S/C24H36O5/c1-5-6-7-8-16-12-20(28-23(27)19(26)14-25)22-17-11-15(2)9-10-18(17)24(3,4)29-21(22)13-16/h11-12,16-19,25-26H,5-10,13-14H2,1-4H3/t16?,17-,18?,19-/m0/s1. The average molecular weight is 405 g/mol. The number of hydrogen-bond donors (Lipinski definition) is 2. The van der Waals surface area contributed by atoms with Gasteiger partial charge in [0.15, 0.2) is 6.10 Å². The van der Waals surface area contributed by atoms with Crippen LogP contribution in [0.15, 0.2) is 34.8 Å². The first-order valence-electron chi connectivity index (χ1n) is 11.1. The van der Waals surface area contributed by atoms with Crippen molar-refractivity contribution in [2.75, 3.05) is 6.61 Å². The van der Waals surface area contributed by atoms with Crippen LogP contribution in [0.4, 0.5) is 0 Å². The summed E-state index contributed by atoms with van der Waals surface area (Å²) in [6.45, 7) is 8.02. The molecule has 0 aromatic heterocycles. The van der Waals surface area contributed by atoms with Crippen molar-refractivity contribution in [3.63, 3.8) is 0 Å². The number of carbonyl (C=O) groups excluding carboxylic acids is 1. The zero-order valence-corrected chi connectivity index (χ0v) is 18.2. The molecule has 5 heteroatoms. The van der Waals surface area contributed by atoms with Gasteiger partial charge in [-0.05, 0) is 52.0 Å². The van der Waals surface area contributed by atoms with Crippen molar-refractivity contribution in [1.29, 1.82) is 0 Å². The normalized spacial score (nSPS) is 29.1. The Balaban J connectivity index is 1.96. The largest absolute Gasteiger partial charge is 0.491 e. The van der Waals surface area contributed by atoms with Crippen molar-refractivity contribution in [2.45, 2.75) is 84.3 Å². The highest BCUT2D eigenvalue weighted by Crippen LogP contribution is 2.52. The third-order valence-electron chi connectivity index (χ3n) is 6.59. The van der Waals surface area contributed by atoms with Crippen LogP contribution >= 0.6 is 0 Å². The predicted octanol–water partition coefficient (Wildman–Crippen LogP) is 4.40. The van der Waals surface area contributed by atoms with Crippen LogP contribution < -0.4 is 0 Å². The van der Waals surface area contributed by atoms with E-state index in [1.807, 2.05) is 6.08 Å². The molecule has 2 unspecified atom stereocenters. The maximum atomic E-state index is 12.3. The first-order valence-corrected chi connectivity index (χ1v) is 11.1. The van der Waals surface area contributed by atoms with Crippen molar-refractivity contribution in [2.24, 2.45) is 17.8 Å². The van der Waals surface area contributed by atoms with E-state index in [-0.39, 0.29) is 17.4 Å². The minimum Gasteiger partial charge on any atom is -0.491 e. The van der Waals surface area contributed by atoms with Crippen molar-refractivity contribution in [1.82, 2.24) is 0 Å². The molecule has 0 aromatic carbocycles. The first-order chi connectivity index (χ1) is 13.8. The number of allylic oxidation sites excluding steroid dienone is 5. The summed E-state index contributed by atoms with van der Waals surface area (Å²) in [6.07, 6.45) is 10.2. The second-order valence-electron chi connectivity index (χ2n) is 9.34. The fraction of sp³-hybridized carbons (Fsp3) is 0.708. The summed E-state index contributed by atoms with van der Waals surface area (Å²) in [7, 11) is 0. The topological polar surface area (TPSA) is 76.0 Å². The lowest BCUT2D eigenvalue weighted by atomic mass is 9.66. The van der Waals surface area contributed by atoms with Gasteiger partial charge in [-0.2, -0.15) is 0 Å². The Labute approximate surface area is 174 Å². The van der Waals surface area contributed by atoms with Crippen molar-refractivity contribution < 1.29 is 24.5 Å². The van der Waals surface area contributed by atoms with E-state index in [4.69, 9.17) is 14.6 Å². The van der Waals surface area contributed by atoms with E-state index in [1.54, 1.807) is 0 Å². The molecule has 2 N–H and O–H groups in total. The molecule has 29 heavy (non-hydrogen) atoms. The lowest BCUT2D eigenvalue weighted by molar-refractivity contribution is -0.151. The maximum absolute atomic E-state index is 12.3. The molecule has 162 valence electrons. The summed E-state index contributed by atoms with van der Waals surface area (Å²) in [5, 5.41) is 18.9. The summed E-state index contributed by atoms with van der Waals surface area (Å²) in [6, 6.07) is 0. The minimum absolute atomic E-state index is 0.143. The molecule has 0 fully saturated rings. The smallest absolute Gasteiger partial charge is 0.342 e. The average Bonchev–Trinajstić information content (AvgIpc) is 2.66. The predicted molar refractivity (Wildman–Crippen MR) is 112 cm³/mol. The lowest BCUT2D eigenvalue weighted by Crippen LogP contribution is -2.46. The Morgan fingerprint density at radius 3 is 2.79 bits per heavy atom. The zero-order chi connectivity index (χ0) is 21.2. The molecular weight excluding hydrogens is 368 g/mol. The number of hydrogen-bond acceptors (Lipinski definition) is 5. The van der Waals surface area contributed by atoms with E-state index in [0.717, 1.165) is 49.9 Å². The van der Waals surface area contributed by atoms with Gasteiger partial charge in [-0.1, -0.05) is 37.8 Å². The number of rotatable bonds is 7. The molecule has 5 nitrogen and oxygen atoms in total. The van der Waals surface area contributed by atoms with Gasteiger partial charge in [0.25, 0.3) is 0 Å². The Hall–Kier alpha value is -1.59. The maximum Gasteiger partial charge on any atom is 0.342 e. The molecule has 0 spiro atoms. The van der Waals surface area contributed by atoms with Crippen molar-refractivity contribution >= 4 is 5.97 Å². The lowest BCUT2D eigenvalue weighted by Gasteiger charge is -2.49. The van der Waals surface area contributed by atoms with E-state index < -0.39 is 18.7 Å². The number of ether oxygens (including phenoxy) is 2. The van der Waals surface area contributed by atoms with Crippen LogP contribution in [0.1, 0.15) is 72.6 Å². The van der Waals surface area contributed by atoms with Gasteiger partial charge >= 0.3 is 5.97 Å². The summed E-state index contributed by atoms with van der Waals surface area (Å²) < 4.78 is 12.2. The molecule has 0 amide bonds. The third-order valence-corrected chi connectivity index (χ3v) is 6.59. The van der Waals surface area contributed by atoms with Gasteiger partial charge in [-0.3, -0.25) is 0 Å². The number of aliphatic hydroxyl groups excluding tert-OH is 2. The van der Waals surface area contributed by atoms with E-state index in [0.29, 0.717) is 11.7 Å². The second-order valence-corrected chi connectivity index (χ2v) is 9.34. The Kier molecular flexibility index (Phi) is 6.90. The molecule has 0 radical (unpaired) electrons.